The summed E-state index contributed by atoms with van der Waals surface area (Å²) in [5, 5.41) is 7.83. The summed E-state index contributed by atoms with van der Waals surface area (Å²) in [6, 6.07) is 16.9. The van der Waals surface area contributed by atoms with Gasteiger partial charge in [-0.25, -0.2) is 4.98 Å². The Balaban J connectivity index is 1.23. The molecule has 2 aromatic heterocycles. The van der Waals surface area contributed by atoms with Gasteiger partial charge in [-0.3, -0.25) is 25.5 Å². The molecule has 0 unspecified atom stereocenters. The molecule has 0 saturated heterocycles. The van der Waals surface area contributed by atoms with E-state index in [1.54, 1.807) is 24.5 Å². The van der Waals surface area contributed by atoms with Crippen LogP contribution in [0.3, 0.4) is 0 Å². The number of amides is 2. The molecule has 2 heterocycles. The molecular formula is C22H21N5O3S. The highest BCUT2D eigenvalue weighted by Gasteiger charge is 2.12. The molecule has 8 nitrogen and oxygen atoms in total. The van der Waals surface area contributed by atoms with Crippen LogP contribution in [0.2, 0.25) is 0 Å². The molecule has 0 aliphatic heterocycles. The van der Waals surface area contributed by atoms with Crippen LogP contribution < -0.4 is 15.6 Å². The van der Waals surface area contributed by atoms with Crippen molar-refractivity contribution in [1.82, 2.24) is 26.0 Å². The van der Waals surface area contributed by atoms with Crippen molar-refractivity contribution >= 4 is 33.4 Å². The average molecular weight is 436 g/mol. The Morgan fingerprint density at radius 2 is 1.90 bits per heavy atom. The molecule has 0 fully saturated rings. The standard InChI is InChI=1S/C22H21N5O3S/c1-30-15-11-9-14(10-12-15)17-13-18(25-24-17)22(29)27-26-20(28)7-4-8-21-23-16-5-2-3-6-19(16)31-21/h2-3,5-6,9-13H,4,7-8H2,1H3,(H,24,25)(H,26,28)(H,27,29). The zero-order valence-electron chi connectivity index (χ0n) is 16.8. The summed E-state index contributed by atoms with van der Waals surface area (Å²) in [5.41, 5.74) is 7.54. The summed E-state index contributed by atoms with van der Waals surface area (Å²) < 4.78 is 6.28. The van der Waals surface area contributed by atoms with Gasteiger partial charge in [-0.15, -0.1) is 11.3 Å². The van der Waals surface area contributed by atoms with Gasteiger partial charge in [0.2, 0.25) is 5.91 Å². The van der Waals surface area contributed by atoms with Gasteiger partial charge >= 0.3 is 0 Å². The molecule has 3 N–H and O–H groups in total. The van der Waals surface area contributed by atoms with Crippen LogP contribution in [0.5, 0.6) is 5.75 Å². The highest BCUT2D eigenvalue weighted by Crippen LogP contribution is 2.23. The number of hydrazine groups is 1. The van der Waals surface area contributed by atoms with E-state index in [4.69, 9.17) is 4.74 Å². The molecule has 158 valence electrons. The van der Waals surface area contributed by atoms with Crippen molar-refractivity contribution in [3.05, 3.63) is 65.3 Å². The summed E-state index contributed by atoms with van der Waals surface area (Å²) >= 11 is 1.64. The molecule has 0 saturated carbocycles. The molecule has 2 amide bonds. The van der Waals surface area contributed by atoms with Crippen LogP contribution in [0, 0.1) is 0 Å². The highest BCUT2D eigenvalue weighted by molar-refractivity contribution is 7.18. The predicted molar refractivity (Wildman–Crippen MR) is 119 cm³/mol. The molecule has 9 heteroatoms. The summed E-state index contributed by atoms with van der Waals surface area (Å²) in [7, 11) is 1.60. The molecule has 4 aromatic rings. The van der Waals surface area contributed by atoms with Crippen molar-refractivity contribution in [1.29, 1.82) is 0 Å². The number of nitrogens with one attached hydrogen (secondary N) is 3. The maximum atomic E-state index is 12.3. The van der Waals surface area contributed by atoms with E-state index in [-0.39, 0.29) is 18.0 Å². The summed E-state index contributed by atoms with van der Waals surface area (Å²) in [4.78, 5) is 28.9. The van der Waals surface area contributed by atoms with Crippen LogP contribution in [0.25, 0.3) is 21.5 Å². The van der Waals surface area contributed by atoms with E-state index < -0.39 is 5.91 Å². The molecule has 0 spiro atoms. The van der Waals surface area contributed by atoms with E-state index in [0.717, 1.165) is 26.5 Å². The number of H-pyrrole nitrogens is 1. The van der Waals surface area contributed by atoms with E-state index in [1.165, 1.54) is 0 Å². The fourth-order valence-corrected chi connectivity index (χ4v) is 4.04. The van der Waals surface area contributed by atoms with Crippen LogP contribution >= 0.6 is 11.3 Å². The van der Waals surface area contributed by atoms with E-state index in [2.05, 4.69) is 26.0 Å². The minimum Gasteiger partial charge on any atom is -0.497 e. The Morgan fingerprint density at radius 1 is 1.10 bits per heavy atom. The molecule has 0 radical (unpaired) electrons. The number of thiazole rings is 1. The molecule has 4 rings (SSSR count). The van der Waals surface area contributed by atoms with Crippen molar-refractivity contribution in [2.75, 3.05) is 7.11 Å². The zero-order chi connectivity index (χ0) is 21.6. The van der Waals surface area contributed by atoms with Gasteiger partial charge in [0.15, 0.2) is 0 Å². The van der Waals surface area contributed by atoms with Gasteiger partial charge < -0.3 is 4.74 Å². The van der Waals surface area contributed by atoms with Crippen molar-refractivity contribution in [2.24, 2.45) is 0 Å². The quantitative estimate of drug-likeness (QED) is 0.385. The second kappa shape index (κ2) is 9.40. The summed E-state index contributed by atoms with van der Waals surface area (Å²) in [6.45, 7) is 0. The Kier molecular flexibility index (Phi) is 6.23. The van der Waals surface area contributed by atoms with Crippen LogP contribution in [-0.2, 0) is 11.2 Å². The van der Waals surface area contributed by atoms with E-state index in [0.29, 0.717) is 18.5 Å². The molecule has 31 heavy (non-hydrogen) atoms. The van der Waals surface area contributed by atoms with Crippen LogP contribution in [0.15, 0.2) is 54.6 Å². The average Bonchev–Trinajstić information content (AvgIpc) is 3.45. The number of ether oxygens (including phenoxy) is 1. The number of methoxy groups -OCH3 is 1. The number of hydrogen-bond acceptors (Lipinski definition) is 6. The lowest BCUT2D eigenvalue weighted by molar-refractivity contribution is -0.121. The molecule has 0 atom stereocenters. The van der Waals surface area contributed by atoms with Crippen LogP contribution in [0.1, 0.15) is 28.3 Å². The SMILES string of the molecule is COc1ccc(-c2cc(C(=O)NNC(=O)CCCc3nc4ccccc4s3)[nH]n2)cc1. The minimum atomic E-state index is -0.466. The molecule has 0 bridgehead atoms. The molecule has 0 aliphatic carbocycles. The number of para-hydroxylation sites is 1. The van der Waals surface area contributed by atoms with Crippen molar-refractivity contribution < 1.29 is 14.3 Å². The van der Waals surface area contributed by atoms with Crippen LogP contribution in [-0.4, -0.2) is 34.1 Å². The number of aromatic amines is 1. The lowest BCUT2D eigenvalue weighted by Crippen LogP contribution is -2.41. The Labute approximate surface area is 182 Å². The number of nitrogens with zero attached hydrogens (tertiary/aromatic N) is 2. The van der Waals surface area contributed by atoms with Crippen molar-refractivity contribution in [2.45, 2.75) is 19.3 Å². The Bertz CT molecular complexity index is 1170. The van der Waals surface area contributed by atoms with Gasteiger partial charge in [-0.1, -0.05) is 12.1 Å². The molecule has 2 aromatic carbocycles. The lowest BCUT2D eigenvalue weighted by Gasteiger charge is -2.05. The third kappa shape index (κ3) is 5.07. The van der Waals surface area contributed by atoms with E-state index >= 15 is 0 Å². The normalized spacial score (nSPS) is 10.7. The number of hydrogen-bond donors (Lipinski definition) is 3. The minimum absolute atomic E-state index is 0.251. The number of benzene rings is 2. The topological polar surface area (TPSA) is 109 Å². The number of rotatable bonds is 7. The number of carbonyl (C=O) groups excluding carboxylic acids is 2. The fourth-order valence-electron chi connectivity index (χ4n) is 3.03. The van der Waals surface area contributed by atoms with Gasteiger partial charge in [-0.2, -0.15) is 5.10 Å². The van der Waals surface area contributed by atoms with Crippen molar-refractivity contribution in [3.63, 3.8) is 0 Å². The monoisotopic (exact) mass is 435 g/mol. The van der Waals surface area contributed by atoms with Crippen molar-refractivity contribution in [3.8, 4) is 17.0 Å². The summed E-state index contributed by atoms with van der Waals surface area (Å²) in [5.74, 6) is 0.0132. The summed E-state index contributed by atoms with van der Waals surface area (Å²) in [6.07, 6.45) is 1.65. The van der Waals surface area contributed by atoms with Gasteiger partial charge in [0.25, 0.3) is 5.91 Å². The predicted octanol–water partition coefficient (Wildman–Crippen LogP) is 3.48. The zero-order valence-corrected chi connectivity index (χ0v) is 17.7. The van der Waals surface area contributed by atoms with Gasteiger partial charge in [-0.05, 0) is 55.3 Å². The Morgan fingerprint density at radius 3 is 2.68 bits per heavy atom. The molecular weight excluding hydrogens is 414 g/mol. The van der Waals surface area contributed by atoms with Gasteiger partial charge in [0.1, 0.15) is 11.4 Å². The number of carbonyl (C=O) groups is 2. The first-order valence-corrected chi connectivity index (χ1v) is 10.6. The molecule has 0 aliphatic rings. The number of aromatic nitrogens is 3. The highest BCUT2D eigenvalue weighted by atomic mass is 32.1. The van der Waals surface area contributed by atoms with E-state index in [1.807, 2.05) is 48.5 Å². The fraction of sp³-hybridized carbons (Fsp3) is 0.182. The Hall–Kier alpha value is -3.72. The first-order chi connectivity index (χ1) is 15.1. The third-order valence-corrected chi connectivity index (χ3v) is 5.75. The lowest BCUT2D eigenvalue weighted by atomic mass is 10.1. The van der Waals surface area contributed by atoms with Gasteiger partial charge in [0.05, 0.1) is 28.0 Å². The van der Waals surface area contributed by atoms with Gasteiger partial charge in [0, 0.05) is 12.0 Å². The first kappa shape index (κ1) is 20.5. The number of aryl methyl sites for hydroxylation is 1. The second-order valence-electron chi connectivity index (χ2n) is 6.83. The smallest absolute Gasteiger partial charge is 0.287 e. The second-order valence-corrected chi connectivity index (χ2v) is 7.94. The first-order valence-electron chi connectivity index (χ1n) is 9.76. The number of fused-ring (bicyclic) bond motifs is 1. The third-order valence-electron chi connectivity index (χ3n) is 4.66. The largest absolute Gasteiger partial charge is 0.497 e. The van der Waals surface area contributed by atoms with Crippen LogP contribution in [0.4, 0.5) is 0 Å². The van der Waals surface area contributed by atoms with E-state index in [9.17, 15) is 9.59 Å². The maximum absolute atomic E-state index is 12.3. The maximum Gasteiger partial charge on any atom is 0.287 e.